The molecule has 0 nitrogen and oxygen atoms in total. The Morgan fingerprint density at radius 3 is 1.46 bits per heavy atom. The molecule has 1 heteroatoms. The Balaban J connectivity index is 1.87. The van der Waals surface area contributed by atoms with E-state index in [9.17, 15) is 0 Å². The van der Waals surface area contributed by atoms with Gasteiger partial charge in [0.15, 0.2) is 0 Å². The zero-order valence-corrected chi connectivity index (χ0v) is 16.0. The maximum atomic E-state index is 2.34. The van der Waals surface area contributed by atoms with Crippen LogP contribution in [0, 0.1) is 0 Å². The summed E-state index contributed by atoms with van der Waals surface area (Å²) in [6.07, 6.45) is 10.3. The molecule has 26 heavy (non-hydrogen) atoms. The summed E-state index contributed by atoms with van der Waals surface area (Å²) in [6, 6.07) is 33.6. The first-order valence-electron chi connectivity index (χ1n) is 9.41. The van der Waals surface area contributed by atoms with Crippen LogP contribution in [-0.2, 0) is 0 Å². The van der Waals surface area contributed by atoms with Gasteiger partial charge in [0.1, 0.15) is 0 Å². The fourth-order valence-corrected chi connectivity index (χ4v) is 8.97. The van der Waals surface area contributed by atoms with Crippen molar-refractivity contribution in [3.05, 3.63) is 115 Å². The van der Waals surface area contributed by atoms with Crippen LogP contribution >= 0.6 is 7.26 Å². The van der Waals surface area contributed by atoms with Crippen molar-refractivity contribution in [3.63, 3.8) is 0 Å². The van der Waals surface area contributed by atoms with Crippen molar-refractivity contribution in [2.24, 2.45) is 0 Å². The van der Waals surface area contributed by atoms with Crippen LogP contribution in [0.1, 0.15) is 12.8 Å². The van der Waals surface area contributed by atoms with Crippen LogP contribution in [-0.4, -0.2) is 6.16 Å². The predicted octanol–water partition coefficient (Wildman–Crippen LogP) is 4.99. The topological polar surface area (TPSA) is 0 Å². The van der Waals surface area contributed by atoms with Crippen molar-refractivity contribution >= 4 is 23.2 Å². The fourth-order valence-electron chi connectivity index (χ4n) is 4.13. The molecule has 1 aliphatic carbocycles. The van der Waals surface area contributed by atoms with Gasteiger partial charge in [-0.25, -0.2) is 0 Å². The molecule has 0 unspecified atom stereocenters. The molecule has 3 aromatic rings. The first kappa shape index (κ1) is 17.0. The van der Waals surface area contributed by atoms with Crippen molar-refractivity contribution in [1.29, 1.82) is 0 Å². The zero-order chi connectivity index (χ0) is 17.7. The first-order chi connectivity index (χ1) is 12.9. The van der Waals surface area contributed by atoms with E-state index in [0.717, 1.165) is 12.8 Å². The minimum absolute atomic E-state index is 1.11. The van der Waals surface area contributed by atoms with E-state index >= 15 is 0 Å². The fraction of sp³-hybridized carbons (Fsp3) is 0.120. The average Bonchev–Trinajstić information content (AvgIpc) is 3.25. The SMILES string of the molecule is C1=CCC(CC[PH](c2ccccc2)(c2ccccc2)c2ccccc2)=C1. The third kappa shape index (κ3) is 3.30. The van der Waals surface area contributed by atoms with E-state index in [4.69, 9.17) is 0 Å². The summed E-state index contributed by atoms with van der Waals surface area (Å²) >= 11 is 0. The zero-order valence-electron chi connectivity index (χ0n) is 15.0. The number of hydrogen-bond donors (Lipinski definition) is 0. The van der Waals surface area contributed by atoms with Gasteiger partial charge in [0, 0.05) is 0 Å². The normalized spacial score (nSPS) is 14.2. The van der Waals surface area contributed by atoms with Gasteiger partial charge in [0.2, 0.25) is 0 Å². The average molecular weight is 356 g/mol. The quantitative estimate of drug-likeness (QED) is 0.546. The second kappa shape index (κ2) is 7.85. The number of hydrogen-bond acceptors (Lipinski definition) is 0. The summed E-state index contributed by atoms with van der Waals surface area (Å²) in [5.74, 6) is 0. The summed E-state index contributed by atoms with van der Waals surface area (Å²) in [4.78, 5) is 0. The molecule has 0 saturated heterocycles. The summed E-state index contributed by atoms with van der Waals surface area (Å²) in [7, 11) is -2.06. The second-order valence-electron chi connectivity index (χ2n) is 6.96. The third-order valence-corrected chi connectivity index (χ3v) is 10.4. The Hall–Kier alpha value is -2.43. The van der Waals surface area contributed by atoms with Gasteiger partial charge in [-0.3, -0.25) is 0 Å². The Bertz CT molecular complexity index is 796. The van der Waals surface area contributed by atoms with Gasteiger partial charge < -0.3 is 0 Å². The Morgan fingerprint density at radius 2 is 1.08 bits per heavy atom. The van der Waals surface area contributed by atoms with Gasteiger partial charge in [-0.1, -0.05) is 0 Å². The first-order valence-corrected chi connectivity index (χ1v) is 11.6. The molecule has 0 aromatic heterocycles. The third-order valence-electron chi connectivity index (χ3n) is 5.47. The summed E-state index contributed by atoms with van der Waals surface area (Å²) in [5.41, 5.74) is 1.56. The van der Waals surface area contributed by atoms with Crippen molar-refractivity contribution < 1.29 is 0 Å². The van der Waals surface area contributed by atoms with E-state index in [1.165, 1.54) is 22.1 Å². The van der Waals surface area contributed by atoms with Crippen LogP contribution in [0.4, 0.5) is 0 Å². The van der Waals surface area contributed by atoms with Crippen LogP contribution < -0.4 is 15.9 Å². The predicted molar refractivity (Wildman–Crippen MR) is 118 cm³/mol. The van der Waals surface area contributed by atoms with Crippen LogP contribution in [0.5, 0.6) is 0 Å². The Morgan fingerprint density at radius 1 is 0.615 bits per heavy atom. The standard InChI is InChI=1S/C25H25P/c1-4-14-23(15-5-1)26(24-16-6-2-7-17-24,25-18-8-3-9-19-25)21-20-22-12-10-11-13-22/h1-12,14-19,26H,13,20-21H2. The van der Waals surface area contributed by atoms with Crippen LogP contribution in [0.15, 0.2) is 115 Å². The van der Waals surface area contributed by atoms with E-state index < -0.39 is 7.26 Å². The Kier molecular flexibility index (Phi) is 5.14. The van der Waals surface area contributed by atoms with Crippen molar-refractivity contribution in [3.8, 4) is 0 Å². The van der Waals surface area contributed by atoms with Crippen LogP contribution in [0.2, 0.25) is 0 Å². The van der Waals surface area contributed by atoms with E-state index in [1.807, 2.05) is 0 Å². The van der Waals surface area contributed by atoms with Crippen molar-refractivity contribution in [2.75, 3.05) is 6.16 Å². The number of rotatable bonds is 6. The summed E-state index contributed by atoms with van der Waals surface area (Å²) in [6.45, 7) is 0. The van der Waals surface area contributed by atoms with E-state index in [0.29, 0.717) is 0 Å². The summed E-state index contributed by atoms with van der Waals surface area (Å²) in [5, 5.41) is 4.51. The molecule has 0 N–H and O–H groups in total. The molecule has 0 atom stereocenters. The maximum absolute atomic E-state index is 2.34. The molecule has 0 spiro atoms. The molecule has 0 amide bonds. The van der Waals surface area contributed by atoms with Crippen LogP contribution in [0.25, 0.3) is 0 Å². The summed E-state index contributed by atoms with van der Waals surface area (Å²) < 4.78 is 0. The van der Waals surface area contributed by atoms with Gasteiger partial charge in [0.25, 0.3) is 0 Å². The molecule has 1 aliphatic rings. The van der Waals surface area contributed by atoms with Gasteiger partial charge in [-0.2, -0.15) is 0 Å². The van der Waals surface area contributed by atoms with Crippen molar-refractivity contribution in [2.45, 2.75) is 12.8 Å². The molecule has 0 radical (unpaired) electrons. The minimum atomic E-state index is -2.06. The van der Waals surface area contributed by atoms with Gasteiger partial charge in [0.05, 0.1) is 0 Å². The van der Waals surface area contributed by atoms with E-state index in [-0.39, 0.29) is 0 Å². The monoisotopic (exact) mass is 356 g/mol. The number of allylic oxidation sites excluding steroid dienone is 4. The molecule has 0 saturated carbocycles. The van der Waals surface area contributed by atoms with Gasteiger partial charge in [-0.05, 0) is 0 Å². The molecule has 0 heterocycles. The van der Waals surface area contributed by atoms with E-state index in [2.05, 4.69) is 109 Å². The molecular formula is C25H25P. The molecular weight excluding hydrogens is 331 g/mol. The molecule has 0 fully saturated rings. The second-order valence-corrected chi connectivity index (χ2v) is 11.0. The molecule has 0 bridgehead atoms. The molecule has 0 aliphatic heterocycles. The van der Waals surface area contributed by atoms with Crippen LogP contribution in [0.3, 0.4) is 0 Å². The van der Waals surface area contributed by atoms with E-state index in [1.54, 1.807) is 5.57 Å². The Labute approximate surface area is 157 Å². The number of benzene rings is 3. The molecule has 130 valence electrons. The van der Waals surface area contributed by atoms with Gasteiger partial charge >= 0.3 is 157 Å². The molecule has 4 rings (SSSR count). The van der Waals surface area contributed by atoms with Crippen molar-refractivity contribution in [1.82, 2.24) is 0 Å². The van der Waals surface area contributed by atoms with Gasteiger partial charge in [-0.15, -0.1) is 0 Å². The molecule has 3 aromatic carbocycles.